The van der Waals surface area contributed by atoms with E-state index in [4.69, 9.17) is 5.11 Å². The predicted octanol–water partition coefficient (Wildman–Crippen LogP) is -0.425. The summed E-state index contributed by atoms with van der Waals surface area (Å²) in [4.78, 5) is 21.2. The molecule has 0 aromatic rings. The predicted molar refractivity (Wildman–Crippen MR) is 48.4 cm³/mol. The van der Waals surface area contributed by atoms with Crippen molar-refractivity contribution >= 4 is 11.9 Å². The van der Waals surface area contributed by atoms with Crippen LogP contribution in [0.15, 0.2) is 0 Å². The third kappa shape index (κ3) is 6.10. The van der Waals surface area contributed by atoms with Gasteiger partial charge in [0.25, 0.3) is 0 Å². The molecule has 1 atom stereocenters. The molecule has 0 bridgehead atoms. The van der Waals surface area contributed by atoms with Crippen molar-refractivity contribution in [1.82, 2.24) is 10.6 Å². The van der Waals surface area contributed by atoms with Crippen molar-refractivity contribution in [2.24, 2.45) is 0 Å². The summed E-state index contributed by atoms with van der Waals surface area (Å²) in [5.74, 6) is -1.34. The molecule has 0 fully saturated rings. The molecule has 0 radical (unpaired) electrons. The molecule has 0 heterocycles. The largest absolute Gasteiger partial charge is 0.480 e. The number of nitrogens with one attached hydrogen (secondary N) is 2. The van der Waals surface area contributed by atoms with Crippen molar-refractivity contribution < 1.29 is 14.7 Å². The maximum atomic E-state index is 10.6. The van der Waals surface area contributed by atoms with Gasteiger partial charge in [-0.15, -0.1) is 0 Å². The van der Waals surface area contributed by atoms with Crippen molar-refractivity contribution in [2.75, 3.05) is 13.1 Å². The number of hydrogen-bond acceptors (Lipinski definition) is 3. The van der Waals surface area contributed by atoms with Gasteiger partial charge in [-0.3, -0.25) is 4.79 Å². The summed E-state index contributed by atoms with van der Waals surface area (Å²) in [5, 5.41) is 13.9. The Bertz CT molecular complexity index is 182. The molecular formula is C8H16N2O3. The molecule has 1 unspecified atom stereocenters. The number of rotatable bonds is 6. The average molecular weight is 188 g/mol. The number of aliphatic carboxylic acids is 1. The van der Waals surface area contributed by atoms with Crippen LogP contribution in [0.25, 0.3) is 0 Å². The normalized spacial score (nSPS) is 12.2. The van der Waals surface area contributed by atoms with E-state index in [1.807, 2.05) is 6.92 Å². The number of carbonyl (C=O) groups is 2. The molecule has 0 aliphatic rings. The van der Waals surface area contributed by atoms with Crippen LogP contribution in [0.4, 0.5) is 0 Å². The summed E-state index contributed by atoms with van der Waals surface area (Å²) in [5.41, 5.74) is 0. The van der Waals surface area contributed by atoms with E-state index in [1.165, 1.54) is 6.92 Å². The lowest BCUT2D eigenvalue weighted by atomic mass is 10.3. The Hall–Kier alpha value is -1.10. The minimum absolute atomic E-state index is 0.267. The second-order valence-corrected chi connectivity index (χ2v) is 2.80. The van der Waals surface area contributed by atoms with Gasteiger partial charge in [-0.2, -0.15) is 0 Å². The molecule has 0 aromatic carbocycles. The minimum atomic E-state index is -1.01. The molecule has 0 spiro atoms. The van der Waals surface area contributed by atoms with Gasteiger partial charge in [0.1, 0.15) is 6.04 Å². The lowest BCUT2D eigenvalue weighted by Gasteiger charge is -2.13. The Morgan fingerprint density at radius 3 is 2.46 bits per heavy atom. The van der Waals surface area contributed by atoms with Crippen molar-refractivity contribution in [3.63, 3.8) is 0 Å². The SMILES string of the molecule is CCCNCC(NC(C)=O)C(=O)O. The first-order valence-corrected chi connectivity index (χ1v) is 4.28. The van der Waals surface area contributed by atoms with Gasteiger partial charge >= 0.3 is 5.97 Å². The molecule has 13 heavy (non-hydrogen) atoms. The van der Waals surface area contributed by atoms with Crippen LogP contribution < -0.4 is 10.6 Å². The Labute approximate surface area is 77.5 Å². The highest BCUT2D eigenvalue weighted by atomic mass is 16.4. The number of amides is 1. The second kappa shape index (κ2) is 6.42. The van der Waals surface area contributed by atoms with Crippen LogP contribution in [0.1, 0.15) is 20.3 Å². The Morgan fingerprint density at radius 1 is 1.46 bits per heavy atom. The van der Waals surface area contributed by atoms with E-state index in [2.05, 4.69) is 10.6 Å². The zero-order chi connectivity index (χ0) is 10.3. The topological polar surface area (TPSA) is 78.4 Å². The first-order chi connectivity index (χ1) is 6.07. The molecule has 5 heteroatoms. The highest BCUT2D eigenvalue weighted by molar-refractivity contribution is 5.82. The molecule has 0 aromatic heterocycles. The van der Waals surface area contributed by atoms with E-state index < -0.39 is 12.0 Å². The fraction of sp³-hybridized carbons (Fsp3) is 0.750. The summed E-state index contributed by atoms with van der Waals surface area (Å²) < 4.78 is 0. The Kier molecular flexibility index (Phi) is 5.88. The van der Waals surface area contributed by atoms with Crippen LogP contribution in [0.3, 0.4) is 0 Å². The fourth-order valence-electron chi connectivity index (χ4n) is 0.869. The number of carboxylic acid groups (broad SMARTS) is 1. The molecule has 1 amide bonds. The molecule has 5 nitrogen and oxygen atoms in total. The van der Waals surface area contributed by atoms with Crippen molar-refractivity contribution in [3.05, 3.63) is 0 Å². The van der Waals surface area contributed by atoms with E-state index in [0.717, 1.165) is 13.0 Å². The molecule has 0 rings (SSSR count). The number of carbonyl (C=O) groups excluding carboxylic acids is 1. The van der Waals surface area contributed by atoms with Gasteiger partial charge in [0, 0.05) is 13.5 Å². The Balaban J connectivity index is 3.81. The van der Waals surface area contributed by atoms with Gasteiger partial charge < -0.3 is 15.7 Å². The van der Waals surface area contributed by atoms with Gasteiger partial charge in [0.2, 0.25) is 5.91 Å². The summed E-state index contributed by atoms with van der Waals surface area (Å²) in [7, 11) is 0. The first kappa shape index (κ1) is 11.9. The highest BCUT2D eigenvalue weighted by Crippen LogP contribution is 1.83. The van der Waals surface area contributed by atoms with Crippen LogP contribution in [0.5, 0.6) is 0 Å². The van der Waals surface area contributed by atoms with E-state index in [-0.39, 0.29) is 12.5 Å². The summed E-state index contributed by atoms with van der Waals surface area (Å²) in [6.07, 6.45) is 0.937. The average Bonchev–Trinajstić information content (AvgIpc) is 2.02. The summed E-state index contributed by atoms with van der Waals surface area (Å²) in [6.45, 7) is 4.31. The van der Waals surface area contributed by atoms with Crippen molar-refractivity contribution in [2.45, 2.75) is 26.3 Å². The second-order valence-electron chi connectivity index (χ2n) is 2.80. The zero-order valence-electron chi connectivity index (χ0n) is 7.96. The monoisotopic (exact) mass is 188 g/mol. The summed E-state index contributed by atoms with van der Waals surface area (Å²) in [6, 6.07) is -0.830. The van der Waals surface area contributed by atoms with E-state index in [9.17, 15) is 9.59 Å². The van der Waals surface area contributed by atoms with Crippen LogP contribution in [-0.4, -0.2) is 36.1 Å². The van der Waals surface area contributed by atoms with Gasteiger partial charge in [-0.05, 0) is 13.0 Å². The number of hydrogen-bond donors (Lipinski definition) is 3. The van der Waals surface area contributed by atoms with E-state index in [1.54, 1.807) is 0 Å². The molecule has 0 aliphatic carbocycles. The molecule has 0 saturated carbocycles. The third-order valence-electron chi connectivity index (χ3n) is 1.45. The minimum Gasteiger partial charge on any atom is -0.480 e. The molecule has 76 valence electrons. The lowest BCUT2D eigenvalue weighted by molar-refractivity contribution is -0.141. The molecule has 3 N–H and O–H groups in total. The van der Waals surface area contributed by atoms with Crippen LogP contribution in [0.2, 0.25) is 0 Å². The maximum Gasteiger partial charge on any atom is 0.327 e. The van der Waals surface area contributed by atoms with Crippen LogP contribution in [-0.2, 0) is 9.59 Å². The lowest BCUT2D eigenvalue weighted by Crippen LogP contribution is -2.46. The maximum absolute atomic E-state index is 10.6. The van der Waals surface area contributed by atoms with Crippen LogP contribution in [0, 0.1) is 0 Å². The standard InChI is InChI=1S/C8H16N2O3/c1-3-4-9-5-7(8(12)13)10-6(2)11/h7,9H,3-5H2,1-2H3,(H,10,11)(H,12,13). The molecular weight excluding hydrogens is 172 g/mol. The van der Waals surface area contributed by atoms with E-state index in [0.29, 0.717) is 0 Å². The van der Waals surface area contributed by atoms with Gasteiger partial charge in [-0.25, -0.2) is 4.79 Å². The molecule has 0 saturated heterocycles. The van der Waals surface area contributed by atoms with E-state index >= 15 is 0 Å². The Morgan fingerprint density at radius 2 is 2.08 bits per heavy atom. The summed E-state index contributed by atoms with van der Waals surface area (Å²) >= 11 is 0. The quantitative estimate of drug-likeness (QED) is 0.494. The highest BCUT2D eigenvalue weighted by Gasteiger charge is 2.16. The third-order valence-corrected chi connectivity index (χ3v) is 1.45. The first-order valence-electron chi connectivity index (χ1n) is 4.28. The molecule has 0 aliphatic heterocycles. The zero-order valence-corrected chi connectivity index (χ0v) is 7.96. The van der Waals surface area contributed by atoms with Gasteiger partial charge in [-0.1, -0.05) is 6.92 Å². The smallest absolute Gasteiger partial charge is 0.327 e. The van der Waals surface area contributed by atoms with Gasteiger partial charge in [0.05, 0.1) is 0 Å². The van der Waals surface area contributed by atoms with Gasteiger partial charge in [0.15, 0.2) is 0 Å². The van der Waals surface area contributed by atoms with Crippen molar-refractivity contribution in [3.8, 4) is 0 Å². The van der Waals surface area contributed by atoms with Crippen LogP contribution >= 0.6 is 0 Å². The fourth-order valence-corrected chi connectivity index (χ4v) is 0.869. The number of carboxylic acids is 1. The van der Waals surface area contributed by atoms with Crippen molar-refractivity contribution in [1.29, 1.82) is 0 Å².